The van der Waals surface area contributed by atoms with Gasteiger partial charge in [0.05, 0.1) is 6.54 Å². The van der Waals surface area contributed by atoms with E-state index in [2.05, 4.69) is 5.16 Å². The van der Waals surface area contributed by atoms with Gasteiger partial charge in [-0.2, -0.15) is 0 Å². The Morgan fingerprint density at radius 3 is 2.12 bits per heavy atom. The van der Waals surface area contributed by atoms with Gasteiger partial charge < -0.3 is 19.6 Å². The Morgan fingerprint density at radius 2 is 1.65 bits per heavy atom. The summed E-state index contributed by atoms with van der Waals surface area (Å²) >= 11 is 0. The summed E-state index contributed by atoms with van der Waals surface area (Å²) < 4.78 is 17.8. The van der Waals surface area contributed by atoms with Crippen molar-refractivity contribution in [1.82, 2.24) is 10.1 Å². The zero-order valence-corrected chi connectivity index (χ0v) is 14.0. The lowest BCUT2D eigenvalue weighted by molar-refractivity contribution is -0.134. The molecule has 8 nitrogen and oxygen atoms in total. The predicted molar refractivity (Wildman–Crippen MR) is 88.1 cm³/mol. The monoisotopic (exact) mass is 364 g/mol. The van der Waals surface area contributed by atoms with Crippen molar-refractivity contribution < 1.29 is 33.5 Å². The molecule has 0 bridgehead atoms. The minimum atomic E-state index is -1.26. The number of nitrogens with zero attached hydrogens (tertiary/aromatic N) is 2. The topological polar surface area (TPSA) is 121 Å². The molecule has 0 radical (unpaired) electrons. The maximum absolute atomic E-state index is 12.7. The van der Waals surface area contributed by atoms with Crippen LogP contribution in [0.3, 0.4) is 0 Å². The van der Waals surface area contributed by atoms with Crippen LogP contribution in [0.4, 0.5) is 4.39 Å². The van der Waals surface area contributed by atoms with Gasteiger partial charge in [-0.05, 0) is 38.4 Å². The molecule has 0 saturated carbocycles. The highest BCUT2D eigenvalue weighted by atomic mass is 19.1. The highest BCUT2D eigenvalue weighted by molar-refractivity contribution is 6.07. The highest BCUT2D eigenvalue weighted by Crippen LogP contribution is 2.12. The molecule has 2 rings (SSSR count). The van der Waals surface area contributed by atoms with Crippen LogP contribution in [-0.2, 0) is 16.1 Å². The summed E-state index contributed by atoms with van der Waals surface area (Å²) in [5, 5.41) is 19.3. The third-order valence-electron chi connectivity index (χ3n) is 2.74. The van der Waals surface area contributed by atoms with Gasteiger partial charge in [0.15, 0.2) is 11.5 Å². The van der Waals surface area contributed by atoms with E-state index in [0.717, 1.165) is 0 Å². The van der Waals surface area contributed by atoms with Gasteiger partial charge >= 0.3 is 11.9 Å². The van der Waals surface area contributed by atoms with Crippen LogP contribution in [0.15, 0.2) is 47.0 Å². The Labute approximate surface area is 148 Å². The van der Waals surface area contributed by atoms with Crippen molar-refractivity contribution in [3.63, 3.8) is 0 Å². The molecule has 0 aliphatic rings. The first-order valence-electron chi connectivity index (χ1n) is 7.23. The number of halogens is 1. The Bertz CT molecular complexity index is 780. The number of carbonyl (C=O) groups excluding carboxylic acids is 1. The molecule has 0 aliphatic carbocycles. The normalized spacial score (nSPS) is 10.5. The van der Waals surface area contributed by atoms with E-state index >= 15 is 0 Å². The minimum Gasteiger partial charge on any atom is -0.478 e. The molecule has 0 fully saturated rings. The van der Waals surface area contributed by atoms with E-state index in [9.17, 15) is 18.8 Å². The number of hydrogen-bond acceptors (Lipinski definition) is 6. The van der Waals surface area contributed by atoms with Gasteiger partial charge in [-0.1, -0.05) is 5.16 Å². The van der Waals surface area contributed by atoms with Gasteiger partial charge in [0, 0.05) is 23.8 Å². The van der Waals surface area contributed by atoms with Gasteiger partial charge in [0.25, 0.3) is 0 Å². The van der Waals surface area contributed by atoms with Gasteiger partial charge in [-0.3, -0.25) is 4.79 Å². The average Bonchev–Trinajstić information content (AvgIpc) is 3.01. The second-order valence-electron chi connectivity index (χ2n) is 5.26. The summed E-state index contributed by atoms with van der Waals surface area (Å²) in [7, 11) is 3.79. The molecule has 9 heteroatoms. The second kappa shape index (κ2) is 9.84. The Hall–Kier alpha value is -3.33. The smallest absolute Gasteiger partial charge is 0.328 e. The van der Waals surface area contributed by atoms with Crippen molar-refractivity contribution in [3.8, 4) is 0 Å². The van der Waals surface area contributed by atoms with E-state index in [1.54, 1.807) is 6.07 Å². The lowest BCUT2D eigenvalue weighted by Crippen LogP contribution is -2.09. The van der Waals surface area contributed by atoms with Gasteiger partial charge in [-0.25, -0.2) is 14.0 Å². The number of benzene rings is 1. The van der Waals surface area contributed by atoms with Crippen molar-refractivity contribution >= 4 is 17.7 Å². The summed E-state index contributed by atoms with van der Waals surface area (Å²) in [4.78, 5) is 33.0. The number of aromatic nitrogens is 1. The molecular weight excluding hydrogens is 347 g/mol. The summed E-state index contributed by atoms with van der Waals surface area (Å²) in [6, 6.07) is 6.95. The van der Waals surface area contributed by atoms with Crippen LogP contribution in [0.25, 0.3) is 0 Å². The molecule has 1 heterocycles. The third kappa shape index (κ3) is 7.49. The first-order valence-corrected chi connectivity index (χ1v) is 7.23. The fraction of sp³-hybridized carbons (Fsp3) is 0.176. The van der Waals surface area contributed by atoms with Crippen LogP contribution >= 0.6 is 0 Å². The molecule has 2 aromatic rings. The molecule has 0 aliphatic heterocycles. The van der Waals surface area contributed by atoms with Crippen molar-refractivity contribution in [2.24, 2.45) is 0 Å². The summed E-state index contributed by atoms with van der Waals surface area (Å²) in [6.07, 6.45) is 1.12. The van der Waals surface area contributed by atoms with E-state index in [-0.39, 0.29) is 17.3 Å². The second-order valence-corrected chi connectivity index (χ2v) is 5.26. The van der Waals surface area contributed by atoms with Crippen LogP contribution < -0.4 is 0 Å². The molecule has 1 aromatic heterocycles. The predicted octanol–water partition coefficient (Wildman–Crippen LogP) is 1.82. The number of hydrogen-bond donors (Lipinski definition) is 2. The lowest BCUT2D eigenvalue weighted by Gasteiger charge is -2.03. The molecule has 2 N–H and O–H groups in total. The van der Waals surface area contributed by atoms with E-state index < -0.39 is 11.9 Å². The third-order valence-corrected chi connectivity index (χ3v) is 2.74. The molecular formula is C17H17FN2O6. The maximum atomic E-state index is 12.7. The number of rotatable bonds is 6. The summed E-state index contributed by atoms with van der Waals surface area (Å²) in [5.41, 5.74) is 0.625. The summed E-state index contributed by atoms with van der Waals surface area (Å²) in [5.74, 6) is -2.55. The number of carboxylic acid groups (broad SMARTS) is 2. The van der Waals surface area contributed by atoms with Gasteiger partial charge in [-0.15, -0.1) is 0 Å². The fourth-order valence-electron chi connectivity index (χ4n) is 1.70. The molecule has 0 saturated heterocycles. The zero-order chi connectivity index (χ0) is 19.7. The van der Waals surface area contributed by atoms with Crippen LogP contribution in [-0.4, -0.2) is 52.1 Å². The Kier molecular flexibility index (Phi) is 7.84. The van der Waals surface area contributed by atoms with Crippen LogP contribution in [0.1, 0.15) is 21.8 Å². The number of carboxylic acids is 2. The maximum Gasteiger partial charge on any atom is 0.328 e. The summed E-state index contributed by atoms with van der Waals surface area (Å²) in [6.45, 7) is 0.573. The SMILES string of the molecule is CN(C)Cc1cc(C(=O)c2ccc(F)cc2)no1.O=C(O)/C=C\C(=O)O. The van der Waals surface area contributed by atoms with Crippen molar-refractivity contribution in [1.29, 1.82) is 0 Å². The fourth-order valence-corrected chi connectivity index (χ4v) is 1.70. The van der Waals surface area contributed by atoms with Crippen molar-refractivity contribution in [2.75, 3.05) is 14.1 Å². The van der Waals surface area contributed by atoms with E-state index in [1.807, 2.05) is 19.0 Å². The first-order chi connectivity index (χ1) is 12.2. The van der Waals surface area contributed by atoms with Crippen LogP contribution in [0.2, 0.25) is 0 Å². The quantitative estimate of drug-likeness (QED) is 0.588. The van der Waals surface area contributed by atoms with E-state index in [0.29, 0.717) is 30.0 Å². The molecule has 26 heavy (non-hydrogen) atoms. The van der Waals surface area contributed by atoms with Crippen molar-refractivity contribution in [2.45, 2.75) is 6.54 Å². The highest BCUT2D eigenvalue weighted by Gasteiger charge is 2.15. The van der Waals surface area contributed by atoms with Crippen LogP contribution in [0, 0.1) is 5.82 Å². The zero-order valence-electron chi connectivity index (χ0n) is 14.0. The molecule has 0 spiro atoms. The minimum absolute atomic E-state index is 0.235. The first kappa shape index (κ1) is 20.7. The average molecular weight is 364 g/mol. The van der Waals surface area contributed by atoms with Crippen LogP contribution in [0.5, 0.6) is 0 Å². The Morgan fingerprint density at radius 1 is 1.12 bits per heavy atom. The number of ketones is 1. The number of carbonyl (C=O) groups is 3. The molecule has 0 unspecified atom stereocenters. The molecule has 0 atom stereocenters. The van der Waals surface area contributed by atoms with E-state index in [4.69, 9.17) is 14.7 Å². The lowest BCUT2D eigenvalue weighted by atomic mass is 10.1. The van der Waals surface area contributed by atoms with Crippen molar-refractivity contribution in [3.05, 3.63) is 65.3 Å². The van der Waals surface area contributed by atoms with Gasteiger partial charge in [0.1, 0.15) is 5.82 Å². The standard InChI is InChI=1S/C13H13FN2O2.C4H4O4/c1-16(2)8-11-7-12(15-18-11)13(17)9-3-5-10(14)6-4-9;5-3(6)1-2-4(7)8/h3-7H,8H2,1-2H3;1-2H,(H,5,6)(H,7,8)/b;2-1-. The Balaban J connectivity index is 0.000000359. The van der Waals surface area contributed by atoms with Gasteiger partial charge in [0.2, 0.25) is 5.78 Å². The van der Waals surface area contributed by atoms with E-state index in [1.165, 1.54) is 24.3 Å². The molecule has 0 amide bonds. The molecule has 138 valence electrons. The molecule has 1 aromatic carbocycles. The largest absolute Gasteiger partial charge is 0.478 e. The number of aliphatic carboxylic acids is 2.